The van der Waals surface area contributed by atoms with Gasteiger partial charge in [0.2, 0.25) is 5.91 Å². The van der Waals surface area contributed by atoms with Gasteiger partial charge in [-0.3, -0.25) is 4.79 Å². The highest BCUT2D eigenvalue weighted by atomic mass is 35.5. The van der Waals surface area contributed by atoms with Crippen LogP contribution in [0.2, 0.25) is 5.15 Å². The first-order valence-corrected chi connectivity index (χ1v) is 6.33. The lowest BCUT2D eigenvalue weighted by Crippen LogP contribution is -2.31. The van der Waals surface area contributed by atoms with E-state index in [0.29, 0.717) is 10.8 Å². The Labute approximate surface area is 107 Å². The lowest BCUT2D eigenvalue weighted by Gasteiger charge is -2.23. The molecule has 0 unspecified atom stereocenters. The number of nitrogens with one attached hydrogen (secondary N) is 1. The third kappa shape index (κ3) is 2.44. The van der Waals surface area contributed by atoms with Gasteiger partial charge in [-0.1, -0.05) is 31.4 Å². The number of nitrogens with zero attached hydrogens (tertiary/aromatic N) is 1. The van der Waals surface area contributed by atoms with E-state index in [4.69, 9.17) is 11.6 Å². The molecule has 1 aromatic heterocycles. The van der Waals surface area contributed by atoms with E-state index >= 15 is 0 Å². The molecular weight excluding hydrogens is 236 g/mol. The normalized spacial score (nSPS) is 18.1. The Morgan fingerprint density at radius 2 is 2.12 bits per heavy atom. The molecule has 1 aliphatic carbocycles. The van der Waals surface area contributed by atoms with Crippen molar-refractivity contribution in [1.82, 2.24) is 4.98 Å². The van der Waals surface area contributed by atoms with Gasteiger partial charge in [-0.25, -0.2) is 4.98 Å². The monoisotopic (exact) mass is 252 g/mol. The van der Waals surface area contributed by atoms with Gasteiger partial charge in [-0.2, -0.15) is 0 Å². The predicted octanol–water partition coefficient (Wildman–Crippen LogP) is 3.56. The summed E-state index contributed by atoms with van der Waals surface area (Å²) in [5.74, 6) is 0.0630. The molecule has 92 valence electrons. The number of hydrogen-bond donors (Lipinski definition) is 1. The van der Waals surface area contributed by atoms with Crippen molar-refractivity contribution in [3.63, 3.8) is 0 Å². The second-order valence-corrected chi connectivity index (χ2v) is 5.37. The van der Waals surface area contributed by atoms with Crippen molar-refractivity contribution < 1.29 is 4.79 Å². The van der Waals surface area contributed by atoms with Crippen molar-refractivity contribution in [2.24, 2.45) is 5.41 Å². The number of amides is 1. The zero-order chi connectivity index (χ0) is 12.5. The molecule has 0 aromatic carbocycles. The van der Waals surface area contributed by atoms with Crippen LogP contribution in [0.25, 0.3) is 0 Å². The molecule has 1 amide bonds. The fraction of sp³-hybridized carbons (Fsp3) is 0.538. The highest BCUT2D eigenvalue weighted by Crippen LogP contribution is 2.39. The van der Waals surface area contributed by atoms with Crippen molar-refractivity contribution in [3.05, 3.63) is 23.0 Å². The number of aryl methyl sites for hydroxylation is 1. The lowest BCUT2D eigenvalue weighted by atomic mass is 9.88. The lowest BCUT2D eigenvalue weighted by molar-refractivity contribution is -0.124. The first-order valence-electron chi connectivity index (χ1n) is 5.95. The van der Waals surface area contributed by atoms with Crippen LogP contribution in [0.15, 0.2) is 12.3 Å². The molecule has 0 bridgehead atoms. The molecule has 0 saturated heterocycles. The first-order chi connectivity index (χ1) is 8.03. The van der Waals surface area contributed by atoms with Crippen LogP contribution >= 0.6 is 11.6 Å². The van der Waals surface area contributed by atoms with E-state index in [-0.39, 0.29) is 11.3 Å². The molecule has 0 radical (unpaired) electrons. The second-order valence-electron chi connectivity index (χ2n) is 5.02. The molecule has 1 aliphatic rings. The van der Waals surface area contributed by atoms with Gasteiger partial charge in [0.25, 0.3) is 0 Å². The molecule has 1 fully saturated rings. The van der Waals surface area contributed by atoms with Crippen molar-refractivity contribution in [2.75, 3.05) is 5.32 Å². The van der Waals surface area contributed by atoms with Gasteiger partial charge in [0.05, 0.1) is 5.69 Å². The minimum Gasteiger partial charge on any atom is -0.323 e. The maximum Gasteiger partial charge on any atom is 0.230 e. The van der Waals surface area contributed by atoms with Gasteiger partial charge in [-0.05, 0) is 31.4 Å². The number of halogens is 1. The van der Waals surface area contributed by atoms with E-state index in [2.05, 4.69) is 10.3 Å². The van der Waals surface area contributed by atoms with E-state index in [1.807, 2.05) is 19.9 Å². The first kappa shape index (κ1) is 12.4. The molecule has 1 heterocycles. The third-order valence-electron chi connectivity index (χ3n) is 3.61. The summed E-state index contributed by atoms with van der Waals surface area (Å²) in [4.78, 5) is 16.2. The molecular formula is C13H17ClN2O. The summed E-state index contributed by atoms with van der Waals surface area (Å²) >= 11 is 6.00. The van der Waals surface area contributed by atoms with E-state index in [9.17, 15) is 4.79 Å². The standard InChI is InChI=1S/C13H17ClN2O/c1-9-5-8-15-11(14)10(9)16-12(17)13(2)6-3-4-7-13/h5,8H,3-4,6-7H2,1-2H3,(H,16,17). The van der Waals surface area contributed by atoms with E-state index in [0.717, 1.165) is 31.2 Å². The second kappa shape index (κ2) is 4.65. The Morgan fingerprint density at radius 1 is 1.47 bits per heavy atom. The van der Waals surface area contributed by atoms with Gasteiger partial charge in [0.1, 0.15) is 0 Å². The summed E-state index contributed by atoms with van der Waals surface area (Å²) in [5, 5.41) is 3.29. The zero-order valence-corrected chi connectivity index (χ0v) is 11.0. The quantitative estimate of drug-likeness (QED) is 0.818. The molecule has 0 atom stereocenters. The van der Waals surface area contributed by atoms with Gasteiger partial charge < -0.3 is 5.32 Å². The van der Waals surface area contributed by atoms with Crippen LogP contribution in [0.4, 0.5) is 5.69 Å². The number of aromatic nitrogens is 1. The zero-order valence-electron chi connectivity index (χ0n) is 10.2. The SMILES string of the molecule is Cc1ccnc(Cl)c1NC(=O)C1(C)CCCC1. The Hall–Kier alpha value is -1.09. The Balaban J connectivity index is 2.18. The predicted molar refractivity (Wildman–Crippen MR) is 69.2 cm³/mol. The molecule has 2 rings (SSSR count). The highest BCUT2D eigenvalue weighted by molar-refractivity contribution is 6.32. The van der Waals surface area contributed by atoms with Crippen LogP contribution in [0, 0.1) is 12.3 Å². The Morgan fingerprint density at radius 3 is 2.71 bits per heavy atom. The smallest absolute Gasteiger partial charge is 0.230 e. The van der Waals surface area contributed by atoms with Crippen LogP contribution in [0.1, 0.15) is 38.2 Å². The average Bonchev–Trinajstić information content (AvgIpc) is 2.72. The largest absolute Gasteiger partial charge is 0.323 e. The molecule has 4 heteroatoms. The van der Waals surface area contributed by atoms with Gasteiger partial charge in [0.15, 0.2) is 5.15 Å². The van der Waals surface area contributed by atoms with Gasteiger partial charge >= 0.3 is 0 Å². The van der Waals surface area contributed by atoms with E-state index < -0.39 is 0 Å². The molecule has 0 aliphatic heterocycles. The summed E-state index contributed by atoms with van der Waals surface area (Å²) in [7, 11) is 0. The number of pyridine rings is 1. The minimum atomic E-state index is -0.244. The summed E-state index contributed by atoms with van der Waals surface area (Å²) in [5.41, 5.74) is 1.35. The number of carbonyl (C=O) groups excluding carboxylic acids is 1. The van der Waals surface area contributed by atoms with Crippen LogP contribution in [-0.2, 0) is 4.79 Å². The Bertz CT molecular complexity index is 419. The fourth-order valence-corrected chi connectivity index (χ4v) is 2.57. The van der Waals surface area contributed by atoms with Crippen LogP contribution < -0.4 is 5.32 Å². The molecule has 3 nitrogen and oxygen atoms in total. The minimum absolute atomic E-state index is 0.0630. The number of carbonyl (C=O) groups is 1. The number of anilines is 1. The van der Waals surface area contributed by atoms with Crippen LogP contribution in [0.3, 0.4) is 0 Å². The van der Waals surface area contributed by atoms with Crippen molar-refractivity contribution >= 4 is 23.2 Å². The summed E-state index contributed by atoms with van der Waals surface area (Å²) < 4.78 is 0. The summed E-state index contributed by atoms with van der Waals surface area (Å²) in [6.07, 6.45) is 5.81. The highest BCUT2D eigenvalue weighted by Gasteiger charge is 2.36. The number of hydrogen-bond acceptors (Lipinski definition) is 2. The van der Waals surface area contributed by atoms with E-state index in [1.165, 1.54) is 0 Å². The molecule has 17 heavy (non-hydrogen) atoms. The number of rotatable bonds is 2. The Kier molecular flexibility index (Phi) is 3.38. The summed E-state index contributed by atoms with van der Waals surface area (Å²) in [6, 6.07) is 1.85. The van der Waals surface area contributed by atoms with E-state index in [1.54, 1.807) is 6.20 Å². The van der Waals surface area contributed by atoms with Gasteiger partial charge in [-0.15, -0.1) is 0 Å². The maximum atomic E-state index is 12.2. The third-order valence-corrected chi connectivity index (χ3v) is 3.89. The van der Waals surface area contributed by atoms with Gasteiger partial charge in [0, 0.05) is 11.6 Å². The maximum absolute atomic E-state index is 12.2. The molecule has 1 N–H and O–H groups in total. The molecule has 1 saturated carbocycles. The average molecular weight is 253 g/mol. The summed E-state index contributed by atoms with van der Waals surface area (Å²) in [6.45, 7) is 3.94. The van der Waals surface area contributed by atoms with Crippen LogP contribution in [0.5, 0.6) is 0 Å². The van der Waals surface area contributed by atoms with Crippen LogP contribution in [-0.4, -0.2) is 10.9 Å². The fourth-order valence-electron chi connectivity index (χ4n) is 2.32. The molecule has 0 spiro atoms. The van der Waals surface area contributed by atoms with Crippen molar-refractivity contribution in [3.8, 4) is 0 Å². The van der Waals surface area contributed by atoms with Crippen molar-refractivity contribution in [2.45, 2.75) is 39.5 Å². The topological polar surface area (TPSA) is 42.0 Å². The van der Waals surface area contributed by atoms with Crippen molar-refractivity contribution in [1.29, 1.82) is 0 Å². The molecule has 1 aromatic rings.